The van der Waals surface area contributed by atoms with Crippen LogP contribution in [0, 0.1) is 13.8 Å². The van der Waals surface area contributed by atoms with E-state index in [4.69, 9.17) is 4.74 Å². The van der Waals surface area contributed by atoms with Gasteiger partial charge in [0.05, 0.1) is 7.11 Å². The van der Waals surface area contributed by atoms with Crippen LogP contribution >= 0.6 is 0 Å². The topological polar surface area (TPSA) is 55.4 Å². The monoisotopic (exact) mass is 339 g/mol. The Morgan fingerprint density at radius 2 is 1.64 bits per heavy atom. The molecule has 0 aliphatic heterocycles. The molecule has 0 unspecified atom stereocenters. The number of carbonyl (C=O) groups is 2. The van der Waals surface area contributed by atoms with E-state index in [1.54, 1.807) is 0 Å². The molecule has 0 radical (unpaired) electrons. The third-order valence-corrected chi connectivity index (χ3v) is 4.36. The number of nitrogens with one attached hydrogen (secondary N) is 1. The van der Waals surface area contributed by atoms with Gasteiger partial charge < -0.3 is 10.1 Å². The molecule has 0 aromatic heterocycles. The largest absolute Gasteiger partial charge is 0.467 e. The van der Waals surface area contributed by atoms with E-state index in [1.807, 2.05) is 62.4 Å². The third kappa shape index (κ3) is 5.45. The van der Waals surface area contributed by atoms with Crippen molar-refractivity contribution in [2.24, 2.45) is 0 Å². The Kier molecular flexibility index (Phi) is 6.75. The highest BCUT2D eigenvalue weighted by molar-refractivity contribution is 5.84. The standard InChI is InChI=1S/C21H25NO3/c1-15-8-7-9-16(2)18(15)14-19(21(24)25-3)22-20(23)13-12-17-10-5-4-6-11-17/h4-11,19H,12-14H2,1-3H3,(H,22,23)/t19-/m0/s1. The first kappa shape index (κ1) is 18.7. The van der Waals surface area contributed by atoms with Crippen molar-refractivity contribution >= 4 is 11.9 Å². The highest BCUT2D eigenvalue weighted by Gasteiger charge is 2.23. The molecule has 2 aromatic carbocycles. The van der Waals surface area contributed by atoms with Gasteiger partial charge in [0.1, 0.15) is 6.04 Å². The number of aryl methyl sites for hydroxylation is 3. The van der Waals surface area contributed by atoms with Crippen molar-refractivity contribution in [1.29, 1.82) is 0 Å². The molecule has 1 atom stereocenters. The quantitative estimate of drug-likeness (QED) is 0.789. The molecule has 0 aliphatic rings. The van der Waals surface area contributed by atoms with Crippen LogP contribution in [0.2, 0.25) is 0 Å². The van der Waals surface area contributed by atoms with Gasteiger partial charge in [-0.05, 0) is 42.5 Å². The molecule has 1 amide bonds. The van der Waals surface area contributed by atoms with Gasteiger partial charge in [-0.1, -0.05) is 48.5 Å². The van der Waals surface area contributed by atoms with Crippen LogP contribution in [-0.4, -0.2) is 25.0 Å². The van der Waals surface area contributed by atoms with E-state index in [0.717, 1.165) is 22.3 Å². The van der Waals surface area contributed by atoms with Crippen LogP contribution in [-0.2, 0) is 27.2 Å². The van der Waals surface area contributed by atoms with E-state index < -0.39 is 12.0 Å². The maximum absolute atomic E-state index is 12.3. The van der Waals surface area contributed by atoms with Gasteiger partial charge in [0.25, 0.3) is 0 Å². The van der Waals surface area contributed by atoms with Gasteiger partial charge in [-0.15, -0.1) is 0 Å². The molecule has 0 saturated carbocycles. The molecular weight excluding hydrogens is 314 g/mol. The molecule has 0 aliphatic carbocycles. The SMILES string of the molecule is COC(=O)[C@H](Cc1c(C)cccc1C)NC(=O)CCc1ccccc1. The van der Waals surface area contributed by atoms with E-state index in [1.165, 1.54) is 7.11 Å². The average Bonchev–Trinajstić information content (AvgIpc) is 2.62. The lowest BCUT2D eigenvalue weighted by molar-refractivity contribution is -0.145. The average molecular weight is 339 g/mol. The van der Waals surface area contributed by atoms with Gasteiger partial charge in [0.2, 0.25) is 5.91 Å². The molecule has 2 rings (SSSR count). The van der Waals surface area contributed by atoms with E-state index in [2.05, 4.69) is 5.32 Å². The third-order valence-electron chi connectivity index (χ3n) is 4.36. The summed E-state index contributed by atoms with van der Waals surface area (Å²) >= 11 is 0. The number of hydrogen-bond donors (Lipinski definition) is 1. The molecule has 132 valence electrons. The van der Waals surface area contributed by atoms with Crippen molar-refractivity contribution in [2.75, 3.05) is 7.11 Å². The zero-order valence-corrected chi connectivity index (χ0v) is 15.0. The van der Waals surface area contributed by atoms with Gasteiger partial charge in [0.15, 0.2) is 0 Å². The van der Waals surface area contributed by atoms with Crippen molar-refractivity contribution in [3.05, 3.63) is 70.8 Å². The first-order valence-corrected chi connectivity index (χ1v) is 8.47. The zero-order valence-electron chi connectivity index (χ0n) is 15.0. The second kappa shape index (κ2) is 9.02. The van der Waals surface area contributed by atoms with Crippen molar-refractivity contribution in [3.8, 4) is 0 Å². The van der Waals surface area contributed by atoms with Crippen LogP contribution < -0.4 is 5.32 Å². The molecule has 0 heterocycles. The van der Waals surface area contributed by atoms with Crippen LogP contribution in [0.5, 0.6) is 0 Å². The Labute approximate surface area is 149 Å². The van der Waals surface area contributed by atoms with Gasteiger partial charge in [-0.3, -0.25) is 4.79 Å². The molecule has 0 fully saturated rings. The van der Waals surface area contributed by atoms with Crippen molar-refractivity contribution in [2.45, 2.75) is 39.2 Å². The predicted octanol–water partition coefficient (Wildman–Crippen LogP) is 3.14. The van der Waals surface area contributed by atoms with Crippen molar-refractivity contribution < 1.29 is 14.3 Å². The van der Waals surface area contributed by atoms with Crippen LogP contribution in [0.4, 0.5) is 0 Å². The molecule has 1 N–H and O–H groups in total. The minimum absolute atomic E-state index is 0.148. The highest BCUT2D eigenvalue weighted by atomic mass is 16.5. The second-order valence-electron chi connectivity index (χ2n) is 6.20. The number of hydrogen-bond acceptors (Lipinski definition) is 3. The Bertz CT molecular complexity index is 705. The summed E-state index contributed by atoms with van der Waals surface area (Å²) in [7, 11) is 1.34. The number of ether oxygens (including phenoxy) is 1. The zero-order chi connectivity index (χ0) is 18.2. The molecule has 0 bridgehead atoms. The molecular formula is C21H25NO3. The summed E-state index contributed by atoms with van der Waals surface area (Å²) in [4.78, 5) is 24.4. The number of amides is 1. The summed E-state index contributed by atoms with van der Waals surface area (Å²) in [6.07, 6.45) is 1.41. The van der Waals surface area contributed by atoms with E-state index in [0.29, 0.717) is 19.3 Å². The van der Waals surface area contributed by atoms with Crippen LogP contribution in [0.1, 0.15) is 28.7 Å². The lowest BCUT2D eigenvalue weighted by atomic mass is 9.96. The smallest absolute Gasteiger partial charge is 0.328 e. The van der Waals surface area contributed by atoms with Crippen LogP contribution in [0.25, 0.3) is 0 Å². The predicted molar refractivity (Wildman–Crippen MR) is 98.3 cm³/mol. The fraction of sp³-hybridized carbons (Fsp3) is 0.333. The van der Waals surface area contributed by atoms with Gasteiger partial charge >= 0.3 is 5.97 Å². The summed E-state index contributed by atoms with van der Waals surface area (Å²) in [5, 5.41) is 2.83. The Hall–Kier alpha value is -2.62. The molecule has 0 spiro atoms. The number of carbonyl (C=O) groups excluding carboxylic acids is 2. The highest BCUT2D eigenvalue weighted by Crippen LogP contribution is 2.16. The molecule has 4 heteroatoms. The van der Waals surface area contributed by atoms with Gasteiger partial charge in [-0.2, -0.15) is 0 Å². The van der Waals surface area contributed by atoms with Gasteiger partial charge in [-0.25, -0.2) is 4.79 Å². The number of benzene rings is 2. The molecule has 0 saturated heterocycles. The Morgan fingerprint density at radius 1 is 1.00 bits per heavy atom. The fourth-order valence-corrected chi connectivity index (χ4v) is 2.88. The summed E-state index contributed by atoms with van der Waals surface area (Å²) < 4.78 is 4.87. The van der Waals surface area contributed by atoms with Gasteiger partial charge in [0, 0.05) is 12.8 Å². The number of methoxy groups -OCH3 is 1. The van der Waals surface area contributed by atoms with E-state index >= 15 is 0 Å². The van der Waals surface area contributed by atoms with Crippen LogP contribution in [0.15, 0.2) is 48.5 Å². The summed E-state index contributed by atoms with van der Waals surface area (Å²) in [6, 6.07) is 15.1. The van der Waals surface area contributed by atoms with Crippen molar-refractivity contribution in [1.82, 2.24) is 5.32 Å². The fourth-order valence-electron chi connectivity index (χ4n) is 2.88. The summed E-state index contributed by atoms with van der Waals surface area (Å²) in [6.45, 7) is 4.02. The molecule has 2 aromatic rings. The first-order valence-electron chi connectivity index (χ1n) is 8.47. The summed E-state index contributed by atoms with van der Waals surface area (Å²) in [5.74, 6) is -0.568. The minimum atomic E-state index is -0.673. The Balaban J connectivity index is 2.02. The molecule has 25 heavy (non-hydrogen) atoms. The van der Waals surface area contributed by atoms with E-state index in [-0.39, 0.29) is 5.91 Å². The maximum Gasteiger partial charge on any atom is 0.328 e. The van der Waals surface area contributed by atoms with Crippen molar-refractivity contribution in [3.63, 3.8) is 0 Å². The normalized spacial score (nSPS) is 11.6. The second-order valence-corrected chi connectivity index (χ2v) is 6.20. The molecule has 4 nitrogen and oxygen atoms in total. The first-order chi connectivity index (χ1) is 12.0. The maximum atomic E-state index is 12.3. The lowest BCUT2D eigenvalue weighted by Crippen LogP contribution is -2.43. The summed E-state index contributed by atoms with van der Waals surface area (Å²) in [5.41, 5.74) is 4.38. The van der Waals surface area contributed by atoms with Crippen LogP contribution in [0.3, 0.4) is 0 Å². The Morgan fingerprint density at radius 3 is 2.24 bits per heavy atom. The number of rotatable bonds is 7. The number of esters is 1. The minimum Gasteiger partial charge on any atom is -0.467 e. The lowest BCUT2D eigenvalue weighted by Gasteiger charge is -2.19. The van der Waals surface area contributed by atoms with E-state index in [9.17, 15) is 9.59 Å².